The number of ether oxygens (including phenoxy) is 1. The zero-order valence-corrected chi connectivity index (χ0v) is 19.5. The van der Waals surface area contributed by atoms with Crippen molar-refractivity contribution in [3.8, 4) is 5.75 Å². The van der Waals surface area contributed by atoms with Gasteiger partial charge in [-0.15, -0.1) is 0 Å². The number of allylic oxidation sites excluding steroid dienone is 2. The fourth-order valence-electron chi connectivity index (χ4n) is 4.99. The molecule has 0 bridgehead atoms. The third-order valence-corrected chi connectivity index (χ3v) is 6.98. The van der Waals surface area contributed by atoms with Gasteiger partial charge in [0.2, 0.25) is 17.7 Å². The minimum Gasteiger partial charge on any atom is -0.426 e. The second kappa shape index (κ2) is 9.03. The molecule has 2 aromatic rings. The molecule has 0 unspecified atom stereocenters. The Morgan fingerprint density at radius 2 is 1.58 bits per heavy atom. The standard InChI is InChI=1S/C26H23N3O7/c1-15-6-7-18(13-22(15)29(34)35)27-14-16(12-23(27)30)26(33)36-19-10-8-17(9-11-19)28-24(31)20-4-2-3-5-21(20)25(28)32/h2-3,6-11,13,16,20-21H,4-5,12,14H2,1H3/t16-,20-,21+/m0/s1. The smallest absolute Gasteiger partial charge is 0.316 e. The first kappa shape index (κ1) is 23.4. The van der Waals surface area contributed by atoms with Crippen molar-refractivity contribution < 1.29 is 28.8 Å². The predicted molar refractivity (Wildman–Crippen MR) is 128 cm³/mol. The molecule has 5 rings (SSSR count). The first-order valence-corrected chi connectivity index (χ1v) is 11.6. The first-order chi connectivity index (χ1) is 17.2. The lowest BCUT2D eigenvalue weighted by molar-refractivity contribution is -0.385. The first-order valence-electron chi connectivity index (χ1n) is 11.6. The summed E-state index contributed by atoms with van der Waals surface area (Å²) in [6.07, 6.45) is 4.87. The van der Waals surface area contributed by atoms with Crippen LogP contribution in [0.2, 0.25) is 0 Å². The van der Waals surface area contributed by atoms with Crippen LogP contribution in [0, 0.1) is 34.8 Å². The van der Waals surface area contributed by atoms with Gasteiger partial charge in [0.1, 0.15) is 5.75 Å². The van der Waals surface area contributed by atoms with Crippen LogP contribution in [-0.4, -0.2) is 35.2 Å². The van der Waals surface area contributed by atoms with Gasteiger partial charge in [0.25, 0.3) is 5.69 Å². The van der Waals surface area contributed by atoms with Crippen molar-refractivity contribution in [2.75, 3.05) is 16.3 Å². The Kier molecular flexibility index (Phi) is 5.87. The van der Waals surface area contributed by atoms with Crippen molar-refractivity contribution in [2.45, 2.75) is 26.2 Å². The highest BCUT2D eigenvalue weighted by atomic mass is 16.6. The molecule has 2 saturated heterocycles. The molecule has 0 radical (unpaired) electrons. The molecule has 36 heavy (non-hydrogen) atoms. The number of aryl methyl sites for hydroxylation is 1. The fourth-order valence-corrected chi connectivity index (χ4v) is 4.99. The zero-order chi connectivity index (χ0) is 25.6. The number of hydrogen-bond acceptors (Lipinski definition) is 7. The molecule has 0 aromatic heterocycles. The summed E-state index contributed by atoms with van der Waals surface area (Å²) in [5, 5.41) is 11.2. The van der Waals surface area contributed by atoms with E-state index in [-0.39, 0.29) is 54.0 Å². The van der Waals surface area contributed by atoms with E-state index in [0.29, 0.717) is 29.8 Å². The van der Waals surface area contributed by atoms with Gasteiger partial charge in [0.05, 0.1) is 34.1 Å². The summed E-state index contributed by atoms with van der Waals surface area (Å²) in [6.45, 7) is 1.66. The average Bonchev–Trinajstić information content (AvgIpc) is 3.37. The topological polar surface area (TPSA) is 127 Å². The number of nitro groups is 1. The molecule has 2 fully saturated rings. The minimum absolute atomic E-state index is 0.0452. The van der Waals surface area contributed by atoms with Gasteiger partial charge in [-0.1, -0.05) is 18.2 Å². The van der Waals surface area contributed by atoms with Crippen LogP contribution in [0.5, 0.6) is 5.75 Å². The molecule has 2 aromatic carbocycles. The lowest BCUT2D eigenvalue weighted by Gasteiger charge is -2.17. The largest absolute Gasteiger partial charge is 0.426 e. The number of nitrogens with zero attached hydrogens (tertiary/aromatic N) is 3. The normalized spacial score (nSPS) is 23.2. The molecule has 3 atom stereocenters. The molecule has 2 aliphatic heterocycles. The van der Waals surface area contributed by atoms with Gasteiger partial charge in [0, 0.05) is 24.6 Å². The Labute approximate surface area is 206 Å². The Morgan fingerprint density at radius 1 is 0.972 bits per heavy atom. The van der Waals surface area contributed by atoms with Crippen molar-refractivity contribution in [3.63, 3.8) is 0 Å². The second-order valence-corrected chi connectivity index (χ2v) is 9.22. The Balaban J connectivity index is 1.25. The van der Waals surface area contributed by atoms with E-state index in [1.165, 1.54) is 28.0 Å². The highest BCUT2D eigenvalue weighted by molar-refractivity contribution is 6.22. The highest BCUT2D eigenvalue weighted by Crippen LogP contribution is 2.38. The summed E-state index contributed by atoms with van der Waals surface area (Å²) >= 11 is 0. The van der Waals surface area contributed by atoms with Crippen LogP contribution in [-0.2, 0) is 19.2 Å². The lowest BCUT2D eigenvalue weighted by Crippen LogP contribution is -2.30. The number of nitro benzene ring substituents is 1. The molecule has 1 aliphatic carbocycles. The zero-order valence-electron chi connectivity index (χ0n) is 19.5. The third kappa shape index (κ3) is 4.04. The summed E-state index contributed by atoms with van der Waals surface area (Å²) in [5.74, 6) is -2.57. The summed E-state index contributed by atoms with van der Waals surface area (Å²) in [5.41, 5.74) is 1.15. The van der Waals surface area contributed by atoms with Crippen LogP contribution in [0.1, 0.15) is 24.8 Å². The van der Waals surface area contributed by atoms with Crippen LogP contribution < -0.4 is 14.5 Å². The lowest BCUT2D eigenvalue weighted by atomic mass is 9.85. The van der Waals surface area contributed by atoms with Crippen molar-refractivity contribution in [3.05, 3.63) is 70.3 Å². The summed E-state index contributed by atoms with van der Waals surface area (Å²) < 4.78 is 5.45. The number of hydrogen-bond donors (Lipinski definition) is 0. The van der Waals surface area contributed by atoms with Crippen molar-refractivity contribution in [1.82, 2.24) is 0 Å². The molecule has 10 nitrogen and oxygen atoms in total. The van der Waals surface area contributed by atoms with E-state index in [2.05, 4.69) is 0 Å². The van der Waals surface area contributed by atoms with E-state index in [1.54, 1.807) is 31.2 Å². The predicted octanol–water partition coefficient (Wildman–Crippen LogP) is 3.32. The van der Waals surface area contributed by atoms with Gasteiger partial charge in [-0.25, -0.2) is 0 Å². The van der Waals surface area contributed by atoms with Gasteiger partial charge in [0.15, 0.2) is 0 Å². The Hall–Kier alpha value is -4.34. The molecule has 10 heteroatoms. The molecular formula is C26H23N3O7. The van der Waals surface area contributed by atoms with Gasteiger partial charge in [-0.05, 0) is 50.1 Å². The number of carbonyl (C=O) groups is 4. The molecule has 0 saturated carbocycles. The molecule has 0 spiro atoms. The van der Waals surface area contributed by atoms with Crippen LogP contribution in [0.3, 0.4) is 0 Å². The number of anilines is 2. The maximum Gasteiger partial charge on any atom is 0.316 e. The maximum atomic E-state index is 12.8. The number of esters is 1. The number of amides is 3. The number of rotatable bonds is 5. The SMILES string of the molecule is Cc1ccc(N2C[C@@H](C(=O)Oc3ccc(N4C(=O)[C@H]5CC=CC[C@H]5C4=O)cc3)CC2=O)cc1[N+](=O)[O-]. The number of fused-ring (bicyclic) bond motifs is 1. The second-order valence-electron chi connectivity index (χ2n) is 9.22. The average molecular weight is 489 g/mol. The summed E-state index contributed by atoms with van der Waals surface area (Å²) in [6, 6.07) is 10.6. The van der Waals surface area contributed by atoms with Gasteiger partial charge in [-0.3, -0.25) is 34.2 Å². The van der Waals surface area contributed by atoms with Gasteiger partial charge in [-0.2, -0.15) is 0 Å². The van der Waals surface area contributed by atoms with Crippen LogP contribution in [0.4, 0.5) is 17.1 Å². The van der Waals surface area contributed by atoms with E-state index in [9.17, 15) is 29.3 Å². The van der Waals surface area contributed by atoms with Gasteiger partial charge >= 0.3 is 5.97 Å². The van der Waals surface area contributed by atoms with Crippen molar-refractivity contribution >= 4 is 40.8 Å². The van der Waals surface area contributed by atoms with E-state index in [1.807, 2.05) is 12.2 Å². The fraction of sp³-hybridized carbons (Fsp3) is 0.308. The molecule has 3 amide bonds. The van der Waals surface area contributed by atoms with E-state index < -0.39 is 16.8 Å². The van der Waals surface area contributed by atoms with Crippen molar-refractivity contribution in [1.29, 1.82) is 0 Å². The monoisotopic (exact) mass is 489 g/mol. The number of imide groups is 1. The highest BCUT2D eigenvalue weighted by Gasteiger charge is 2.47. The number of carbonyl (C=O) groups excluding carboxylic acids is 4. The van der Waals surface area contributed by atoms with Crippen LogP contribution >= 0.6 is 0 Å². The maximum absolute atomic E-state index is 12.8. The molecule has 2 heterocycles. The van der Waals surface area contributed by atoms with E-state index in [4.69, 9.17) is 4.74 Å². The van der Waals surface area contributed by atoms with Crippen LogP contribution in [0.15, 0.2) is 54.6 Å². The van der Waals surface area contributed by atoms with Crippen LogP contribution in [0.25, 0.3) is 0 Å². The molecular weight excluding hydrogens is 466 g/mol. The quantitative estimate of drug-likeness (QED) is 0.157. The number of benzene rings is 2. The van der Waals surface area contributed by atoms with E-state index >= 15 is 0 Å². The molecule has 0 N–H and O–H groups in total. The Morgan fingerprint density at radius 3 is 2.19 bits per heavy atom. The van der Waals surface area contributed by atoms with Crippen molar-refractivity contribution in [2.24, 2.45) is 17.8 Å². The molecule has 3 aliphatic rings. The molecule has 184 valence electrons. The minimum atomic E-state index is -0.741. The summed E-state index contributed by atoms with van der Waals surface area (Å²) in [4.78, 5) is 64.1. The van der Waals surface area contributed by atoms with Gasteiger partial charge < -0.3 is 9.64 Å². The third-order valence-electron chi connectivity index (χ3n) is 6.98. The summed E-state index contributed by atoms with van der Waals surface area (Å²) in [7, 11) is 0. The van der Waals surface area contributed by atoms with E-state index in [0.717, 1.165) is 0 Å². The Bertz CT molecular complexity index is 1290.